The third kappa shape index (κ3) is 6.29. The number of hydrogen-bond donors (Lipinski definition) is 2. The number of ether oxygens (including phenoxy) is 1. The van der Waals surface area contributed by atoms with Gasteiger partial charge in [-0.15, -0.1) is 0 Å². The smallest absolute Gasteiger partial charge is 0.408 e. The second kappa shape index (κ2) is 7.67. The normalized spacial score (nSPS) is 12.4. The molecule has 1 rings (SSSR count). The van der Waals surface area contributed by atoms with Gasteiger partial charge in [0.15, 0.2) is 0 Å². The monoisotopic (exact) mass is 292 g/mol. The molecule has 1 aromatic rings. The molecule has 0 bridgehead atoms. The van der Waals surface area contributed by atoms with Crippen molar-refractivity contribution in [3.05, 3.63) is 35.9 Å². The molecule has 0 spiro atoms. The van der Waals surface area contributed by atoms with Gasteiger partial charge in [0.05, 0.1) is 0 Å². The molecule has 0 fully saturated rings. The predicted molar refractivity (Wildman–Crippen MR) is 81.9 cm³/mol. The predicted octanol–water partition coefficient (Wildman–Crippen LogP) is 2.78. The first-order valence-corrected chi connectivity index (χ1v) is 7.15. The lowest BCUT2D eigenvalue weighted by Crippen LogP contribution is -2.42. The molecule has 2 amide bonds. The Kier molecular flexibility index (Phi) is 6.21. The number of rotatable bonds is 5. The zero-order valence-corrected chi connectivity index (χ0v) is 13.1. The zero-order chi connectivity index (χ0) is 15.9. The van der Waals surface area contributed by atoms with Gasteiger partial charge in [0, 0.05) is 6.54 Å². The van der Waals surface area contributed by atoms with Crippen molar-refractivity contribution in [1.82, 2.24) is 10.6 Å². The SMILES string of the molecule is CCCNC(=O)[C@@H](NC(=O)OC(C)(C)C)c1ccccc1. The van der Waals surface area contributed by atoms with Gasteiger partial charge in [0.25, 0.3) is 0 Å². The van der Waals surface area contributed by atoms with Crippen LogP contribution in [0.4, 0.5) is 4.79 Å². The number of carbonyl (C=O) groups is 2. The highest BCUT2D eigenvalue weighted by Crippen LogP contribution is 2.14. The van der Waals surface area contributed by atoms with E-state index in [-0.39, 0.29) is 5.91 Å². The molecule has 5 nitrogen and oxygen atoms in total. The molecule has 0 unspecified atom stereocenters. The Hall–Kier alpha value is -2.04. The Morgan fingerprint density at radius 2 is 1.81 bits per heavy atom. The van der Waals surface area contributed by atoms with E-state index in [1.54, 1.807) is 32.9 Å². The molecule has 1 atom stereocenters. The summed E-state index contributed by atoms with van der Waals surface area (Å²) in [6, 6.07) is 8.35. The van der Waals surface area contributed by atoms with Gasteiger partial charge >= 0.3 is 6.09 Å². The fourth-order valence-electron chi connectivity index (χ4n) is 1.72. The molecule has 0 aromatic heterocycles. The van der Waals surface area contributed by atoms with E-state index in [4.69, 9.17) is 4.74 Å². The Balaban J connectivity index is 2.82. The third-order valence-electron chi connectivity index (χ3n) is 2.61. The first kappa shape index (κ1) is 17.0. The van der Waals surface area contributed by atoms with E-state index < -0.39 is 17.7 Å². The van der Waals surface area contributed by atoms with Gasteiger partial charge in [-0.1, -0.05) is 37.3 Å². The molecular weight excluding hydrogens is 268 g/mol. The lowest BCUT2D eigenvalue weighted by molar-refractivity contribution is -0.123. The highest BCUT2D eigenvalue weighted by Gasteiger charge is 2.25. The molecule has 0 heterocycles. The highest BCUT2D eigenvalue weighted by atomic mass is 16.6. The fraction of sp³-hybridized carbons (Fsp3) is 0.500. The summed E-state index contributed by atoms with van der Waals surface area (Å²) in [5.41, 5.74) is 0.113. The quantitative estimate of drug-likeness (QED) is 0.877. The van der Waals surface area contributed by atoms with E-state index >= 15 is 0 Å². The minimum Gasteiger partial charge on any atom is -0.444 e. The van der Waals surface area contributed by atoms with Crippen molar-refractivity contribution in [3.63, 3.8) is 0 Å². The van der Waals surface area contributed by atoms with Crippen molar-refractivity contribution in [2.45, 2.75) is 45.8 Å². The largest absolute Gasteiger partial charge is 0.444 e. The summed E-state index contributed by atoms with van der Waals surface area (Å²) < 4.78 is 5.21. The van der Waals surface area contributed by atoms with Crippen LogP contribution in [0.3, 0.4) is 0 Å². The number of hydrogen-bond acceptors (Lipinski definition) is 3. The van der Waals surface area contributed by atoms with Crippen LogP contribution in [0.15, 0.2) is 30.3 Å². The maximum absolute atomic E-state index is 12.2. The van der Waals surface area contributed by atoms with Crippen molar-refractivity contribution in [1.29, 1.82) is 0 Å². The zero-order valence-electron chi connectivity index (χ0n) is 13.1. The van der Waals surface area contributed by atoms with Crippen LogP contribution in [0.2, 0.25) is 0 Å². The van der Waals surface area contributed by atoms with E-state index in [0.717, 1.165) is 12.0 Å². The minimum atomic E-state index is -0.757. The van der Waals surface area contributed by atoms with Gasteiger partial charge in [-0.05, 0) is 32.8 Å². The highest BCUT2D eigenvalue weighted by molar-refractivity contribution is 5.86. The van der Waals surface area contributed by atoms with Crippen LogP contribution in [-0.4, -0.2) is 24.1 Å². The second-order valence-electron chi connectivity index (χ2n) is 5.78. The summed E-state index contributed by atoms with van der Waals surface area (Å²) >= 11 is 0. The lowest BCUT2D eigenvalue weighted by Gasteiger charge is -2.23. The third-order valence-corrected chi connectivity index (χ3v) is 2.61. The van der Waals surface area contributed by atoms with Crippen LogP contribution in [0, 0.1) is 0 Å². The molecule has 0 radical (unpaired) electrons. The van der Waals surface area contributed by atoms with Crippen molar-refractivity contribution in [2.24, 2.45) is 0 Å². The van der Waals surface area contributed by atoms with E-state index in [9.17, 15) is 9.59 Å². The number of carbonyl (C=O) groups excluding carboxylic acids is 2. The van der Waals surface area contributed by atoms with Gasteiger partial charge in [0.1, 0.15) is 11.6 Å². The second-order valence-corrected chi connectivity index (χ2v) is 5.78. The molecule has 0 saturated carbocycles. The molecular formula is C16H24N2O3. The Morgan fingerprint density at radius 1 is 1.19 bits per heavy atom. The summed E-state index contributed by atoms with van der Waals surface area (Å²) in [6.45, 7) is 7.88. The van der Waals surface area contributed by atoms with Crippen LogP contribution in [-0.2, 0) is 9.53 Å². The Bertz CT molecular complexity index is 466. The number of amides is 2. The van der Waals surface area contributed by atoms with E-state index in [1.807, 2.05) is 25.1 Å². The minimum absolute atomic E-state index is 0.242. The first-order chi connectivity index (χ1) is 9.83. The fourth-order valence-corrected chi connectivity index (χ4v) is 1.72. The summed E-state index contributed by atoms with van der Waals surface area (Å²) in [6.07, 6.45) is 0.225. The van der Waals surface area contributed by atoms with Gasteiger partial charge in [-0.25, -0.2) is 4.79 Å². The van der Waals surface area contributed by atoms with Crippen LogP contribution in [0.1, 0.15) is 45.7 Å². The van der Waals surface area contributed by atoms with Crippen LogP contribution >= 0.6 is 0 Å². The molecule has 0 saturated heterocycles. The van der Waals surface area contributed by atoms with Crippen LogP contribution < -0.4 is 10.6 Å². The van der Waals surface area contributed by atoms with Crippen molar-refractivity contribution in [3.8, 4) is 0 Å². The average Bonchev–Trinajstić information content (AvgIpc) is 2.41. The molecule has 21 heavy (non-hydrogen) atoms. The summed E-state index contributed by atoms with van der Waals surface area (Å²) in [5.74, 6) is -0.242. The van der Waals surface area contributed by atoms with Gasteiger partial charge in [0.2, 0.25) is 5.91 Å². The number of benzene rings is 1. The van der Waals surface area contributed by atoms with Gasteiger partial charge in [-0.2, -0.15) is 0 Å². The lowest BCUT2D eigenvalue weighted by atomic mass is 10.1. The van der Waals surface area contributed by atoms with E-state index in [2.05, 4.69) is 10.6 Å². The van der Waals surface area contributed by atoms with Crippen LogP contribution in [0.5, 0.6) is 0 Å². The molecule has 0 aliphatic rings. The van der Waals surface area contributed by atoms with E-state index in [0.29, 0.717) is 6.54 Å². The van der Waals surface area contributed by atoms with Gasteiger partial charge < -0.3 is 15.4 Å². The molecule has 5 heteroatoms. The summed E-state index contributed by atoms with van der Waals surface area (Å²) in [5, 5.41) is 5.42. The van der Waals surface area contributed by atoms with Crippen molar-refractivity contribution < 1.29 is 14.3 Å². The van der Waals surface area contributed by atoms with Crippen molar-refractivity contribution >= 4 is 12.0 Å². The molecule has 0 aliphatic heterocycles. The topological polar surface area (TPSA) is 67.4 Å². The molecule has 1 aromatic carbocycles. The Labute approximate surface area is 126 Å². The molecule has 116 valence electrons. The summed E-state index contributed by atoms with van der Waals surface area (Å²) in [4.78, 5) is 24.1. The maximum Gasteiger partial charge on any atom is 0.408 e. The van der Waals surface area contributed by atoms with E-state index in [1.165, 1.54) is 0 Å². The van der Waals surface area contributed by atoms with Crippen LogP contribution in [0.25, 0.3) is 0 Å². The summed E-state index contributed by atoms with van der Waals surface area (Å²) in [7, 11) is 0. The standard InChI is InChI=1S/C16H24N2O3/c1-5-11-17-14(19)13(12-9-7-6-8-10-12)18-15(20)21-16(2,3)4/h6-10,13H,5,11H2,1-4H3,(H,17,19)(H,18,20)/t13-/m0/s1. The first-order valence-electron chi connectivity index (χ1n) is 7.15. The number of alkyl carbamates (subject to hydrolysis) is 1. The van der Waals surface area contributed by atoms with Crippen molar-refractivity contribution in [2.75, 3.05) is 6.54 Å². The number of nitrogens with one attached hydrogen (secondary N) is 2. The average molecular weight is 292 g/mol. The van der Waals surface area contributed by atoms with Gasteiger partial charge in [-0.3, -0.25) is 4.79 Å². The molecule has 0 aliphatic carbocycles. The Morgan fingerprint density at radius 3 is 2.33 bits per heavy atom. The maximum atomic E-state index is 12.2. The molecule has 2 N–H and O–H groups in total.